The van der Waals surface area contributed by atoms with E-state index in [1.807, 2.05) is 0 Å². The lowest BCUT2D eigenvalue weighted by Gasteiger charge is -2.09. The van der Waals surface area contributed by atoms with Crippen LogP contribution in [0.2, 0.25) is 0 Å². The van der Waals surface area contributed by atoms with Crippen LogP contribution in [0.4, 0.5) is 4.39 Å². The van der Waals surface area contributed by atoms with Gasteiger partial charge in [-0.05, 0) is 6.42 Å². The molecule has 0 aliphatic carbocycles. The second-order valence-corrected chi connectivity index (χ2v) is 8.68. The first kappa shape index (κ1) is 37.6. The first-order valence-corrected chi connectivity index (χ1v) is 14.7. The normalized spacial score (nSPS) is 11.5. The summed E-state index contributed by atoms with van der Waals surface area (Å²) in [6, 6.07) is 0. The molecular weight excluding hydrogens is 499 g/mol. The zero-order chi connectivity index (χ0) is 27.5. The number of ether oxygens (including phenoxy) is 9. The number of halogens is 1. The molecule has 38 heavy (non-hydrogen) atoms. The summed E-state index contributed by atoms with van der Waals surface area (Å²) in [5.41, 5.74) is 0. The van der Waals surface area contributed by atoms with Crippen LogP contribution in [-0.4, -0.2) is 126 Å². The van der Waals surface area contributed by atoms with E-state index in [-0.39, 0.29) is 6.61 Å². The molecule has 0 spiro atoms. The van der Waals surface area contributed by atoms with Crippen molar-refractivity contribution in [1.82, 2.24) is 0 Å². The summed E-state index contributed by atoms with van der Waals surface area (Å²) in [6.07, 6.45) is 10.5. The van der Waals surface area contributed by atoms with E-state index >= 15 is 0 Å². The lowest BCUT2D eigenvalue weighted by Crippen LogP contribution is -2.15. The van der Waals surface area contributed by atoms with Gasteiger partial charge in [-0.3, -0.25) is 0 Å². The molecular formula is C28H57FO9. The molecule has 0 saturated carbocycles. The van der Waals surface area contributed by atoms with Gasteiger partial charge in [0.15, 0.2) is 0 Å². The second kappa shape index (κ2) is 36.6. The van der Waals surface area contributed by atoms with Crippen molar-refractivity contribution < 1.29 is 47.0 Å². The van der Waals surface area contributed by atoms with E-state index in [0.29, 0.717) is 106 Å². The molecule has 0 N–H and O–H groups in total. The second-order valence-electron chi connectivity index (χ2n) is 8.68. The van der Waals surface area contributed by atoms with Crippen LogP contribution in [0.15, 0.2) is 0 Å². The van der Waals surface area contributed by atoms with Gasteiger partial charge in [0.1, 0.15) is 6.67 Å². The number of hydrogen-bond donors (Lipinski definition) is 0. The molecule has 9 nitrogen and oxygen atoms in total. The summed E-state index contributed by atoms with van der Waals surface area (Å²) < 4.78 is 60.4. The Labute approximate surface area is 231 Å². The van der Waals surface area contributed by atoms with Gasteiger partial charge in [0, 0.05) is 6.61 Å². The Morgan fingerprint density at radius 1 is 0.289 bits per heavy atom. The van der Waals surface area contributed by atoms with Crippen molar-refractivity contribution >= 4 is 0 Å². The molecule has 0 bridgehead atoms. The van der Waals surface area contributed by atoms with Crippen LogP contribution in [0.1, 0.15) is 58.3 Å². The van der Waals surface area contributed by atoms with E-state index in [0.717, 1.165) is 13.0 Å². The van der Waals surface area contributed by atoms with Gasteiger partial charge in [-0.25, -0.2) is 4.39 Å². The molecule has 0 atom stereocenters. The van der Waals surface area contributed by atoms with Gasteiger partial charge in [-0.1, -0.05) is 51.9 Å². The molecule has 0 saturated heterocycles. The molecule has 0 fully saturated rings. The molecule has 0 unspecified atom stereocenters. The van der Waals surface area contributed by atoms with Crippen molar-refractivity contribution in [2.45, 2.75) is 58.3 Å². The van der Waals surface area contributed by atoms with Crippen LogP contribution < -0.4 is 0 Å². The minimum Gasteiger partial charge on any atom is -0.379 e. The molecule has 230 valence electrons. The Kier molecular flexibility index (Phi) is 36.2. The maximum atomic E-state index is 11.8. The van der Waals surface area contributed by atoms with Crippen LogP contribution in [0.5, 0.6) is 0 Å². The first-order valence-electron chi connectivity index (χ1n) is 14.7. The Hall–Kier alpha value is -0.430. The maximum Gasteiger partial charge on any atom is 0.113 e. The standard InChI is InChI=1S/C28H57FO9/c1-2-3-4-5-6-7-8-9-11-30-13-15-32-17-19-34-21-23-36-25-27-38-28-26-37-24-22-35-20-18-33-16-14-31-12-10-29/h2-28H2,1H3. The van der Waals surface area contributed by atoms with Gasteiger partial charge < -0.3 is 42.6 Å². The number of unbranched alkanes of at least 4 members (excludes halogenated alkanes) is 7. The molecule has 0 radical (unpaired) electrons. The van der Waals surface area contributed by atoms with E-state index < -0.39 is 6.67 Å². The zero-order valence-electron chi connectivity index (χ0n) is 24.1. The fourth-order valence-corrected chi connectivity index (χ4v) is 3.25. The summed E-state index contributed by atoms with van der Waals surface area (Å²) in [7, 11) is 0. The highest BCUT2D eigenvalue weighted by Gasteiger charge is 1.96. The highest BCUT2D eigenvalue weighted by molar-refractivity contribution is 4.46. The van der Waals surface area contributed by atoms with Crippen molar-refractivity contribution in [3.8, 4) is 0 Å². The third-order valence-electron chi connectivity index (χ3n) is 5.34. The largest absolute Gasteiger partial charge is 0.379 e. The van der Waals surface area contributed by atoms with Gasteiger partial charge in [-0.2, -0.15) is 0 Å². The molecule has 0 aromatic rings. The molecule has 0 aromatic heterocycles. The highest BCUT2D eigenvalue weighted by Crippen LogP contribution is 2.08. The Balaban J connectivity index is 3.01. The fourth-order valence-electron chi connectivity index (χ4n) is 3.25. The van der Waals surface area contributed by atoms with Crippen molar-refractivity contribution in [3.05, 3.63) is 0 Å². The Bertz CT molecular complexity index is 373. The first-order chi connectivity index (χ1) is 18.9. The summed E-state index contributed by atoms with van der Waals surface area (Å²) in [6.45, 7) is 11.1. The molecule has 0 heterocycles. The predicted octanol–water partition coefficient (Wildman–Crippen LogP) is 4.25. The van der Waals surface area contributed by atoms with Crippen molar-refractivity contribution in [3.63, 3.8) is 0 Å². The molecule has 10 heteroatoms. The van der Waals surface area contributed by atoms with E-state index in [1.165, 1.54) is 44.9 Å². The van der Waals surface area contributed by atoms with E-state index in [1.54, 1.807) is 0 Å². The zero-order valence-corrected chi connectivity index (χ0v) is 24.1. The lowest BCUT2D eigenvalue weighted by molar-refractivity contribution is -0.0252. The van der Waals surface area contributed by atoms with Crippen LogP contribution in [0.25, 0.3) is 0 Å². The van der Waals surface area contributed by atoms with Crippen LogP contribution in [0.3, 0.4) is 0 Å². The van der Waals surface area contributed by atoms with Crippen molar-refractivity contribution in [2.75, 3.05) is 126 Å². The third kappa shape index (κ3) is 35.6. The molecule has 0 rings (SSSR count). The third-order valence-corrected chi connectivity index (χ3v) is 5.34. The van der Waals surface area contributed by atoms with Gasteiger partial charge in [0.2, 0.25) is 0 Å². The van der Waals surface area contributed by atoms with Gasteiger partial charge in [0.05, 0.1) is 112 Å². The molecule has 0 aliphatic heterocycles. The highest BCUT2D eigenvalue weighted by atomic mass is 19.1. The molecule has 0 aliphatic rings. The monoisotopic (exact) mass is 556 g/mol. The Morgan fingerprint density at radius 3 is 0.816 bits per heavy atom. The molecule has 0 aromatic carbocycles. The van der Waals surface area contributed by atoms with Crippen LogP contribution in [0, 0.1) is 0 Å². The summed E-state index contributed by atoms with van der Waals surface area (Å²) in [5.74, 6) is 0. The van der Waals surface area contributed by atoms with Crippen molar-refractivity contribution in [2.24, 2.45) is 0 Å². The minimum atomic E-state index is -0.468. The smallest absolute Gasteiger partial charge is 0.113 e. The van der Waals surface area contributed by atoms with Gasteiger partial charge >= 0.3 is 0 Å². The average Bonchev–Trinajstić information content (AvgIpc) is 2.93. The molecule has 0 amide bonds. The van der Waals surface area contributed by atoms with E-state index in [4.69, 9.17) is 42.6 Å². The topological polar surface area (TPSA) is 83.1 Å². The van der Waals surface area contributed by atoms with Crippen LogP contribution in [-0.2, 0) is 42.6 Å². The quantitative estimate of drug-likeness (QED) is 0.106. The number of rotatable bonds is 35. The Morgan fingerprint density at radius 2 is 0.526 bits per heavy atom. The number of hydrogen-bond acceptors (Lipinski definition) is 9. The van der Waals surface area contributed by atoms with Crippen LogP contribution >= 0.6 is 0 Å². The predicted molar refractivity (Wildman–Crippen MR) is 146 cm³/mol. The minimum absolute atomic E-state index is 0.121. The van der Waals surface area contributed by atoms with E-state index in [9.17, 15) is 4.39 Å². The van der Waals surface area contributed by atoms with Gasteiger partial charge in [-0.15, -0.1) is 0 Å². The summed E-state index contributed by atoms with van der Waals surface area (Å²) in [5, 5.41) is 0. The average molecular weight is 557 g/mol. The SMILES string of the molecule is CCCCCCCCCCOCCOCCOCCOCCOCCOCCOCCOCCOCCF. The fraction of sp³-hybridized carbons (Fsp3) is 1.00. The number of alkyl halides is 1. The van der Waals surface area contributed by atoms with Crippen molar-refractivity contribution in [1.29, 1.82) is 0 Å². The summed E-state index contributed by atoms with van der Waals surface area (Å²) >= 11 is 0. The van der Waals surface area contributed by atoms with Gasteiger partial charge in [0.25, 0.3) is 0 Å². The lowest BCUT2D eigenvalue weighted by atomic mass is 10.1. The summed E-state index contributed by atoms with van der Waals surface area (Å²) in [4.78, 5) is 0. The van der Waals surface area contributed by atoms with E-state index in [2.05, 4.69) is 6.92 Å². The maximum absolute atomic E-state index is 11.8.